The minimum absolute atomic E-state index is 0.136. The molecule has 4 heteroatoms. The number of hydrogen-bond acceptors (Lipinski definition) is 4. The highest BCUT2D eigenvalue weighted by atomic mass is 32.1. The molecular weight excluding hydrogens is 278 g/mol. The summed E-state index contributed by atoms with van der Waals surface area (Å²) >= 11 is 1.76. The summed E-state index contributed by atoms with van der Waals surface area (Å²) in [5, 5.41) is 4.57. The van der Waals surface area contributed by atoms with Gasteiger partial charge in [-0.25, -0.2) is 4.98 Å². The maximum Gasteiger partial charge on any atom is 0.185 e. The summed E-state index contributed by atoms with van der Waals surface area (Å²) in [4.78, 5) is 8.04. The van der Waals surface area contributed by atoms with Crippen molar-refractivity contribution in [3.8, 4) is 0 Å². The topological polar surface area (TPSA) is 28.2 Å². The first kappa shape index (κ1) is 16.0. The Kier molecular flexibility index (Phi) is 5.01. The Morgan fingerprint density at radius 1 is 1.24 bits per heavy atom. The van der Waals surface area contributed by atoms with E-state index in [0.29, 0.717) is 0 Å². The summed E-state index contributed by atoms with van der Waals surface area (Å²) < 4.78 is 0. The number of aromatic nitrogens is 1. The molecule has 0 aliphatic carbocycles. The van der Waals surface area contributed by atoms with E-state index in [-0.39, 0.29) is 5.54 Å². The minimum Gasteiger partial charge on any atom is -0.347 e. The smallest absolute Gasteiger partial charge is 0.185 e. The second kappa shape index (κ2) is 6.58. The van der Waals surface area contributed by atoms with Gasteiger partial charge in [-0.3, -0.25) is 0 Å². The molecule has 0 saturated heterocycles. The number of nitrogens with one attached hydrogen (secondary N) is 1. The van der Waals surface area contributed by atoms with Gasteiger partial charge in [-0.05, 0) is 38.8 Å². The molecule has 1 aromatic heterocycles. The molecule has 0 saturated carbocycles. The lowest BCUT2D eigenvalue weighted by Gasteiger charge is -2.19. The van der Waals surface area contributed by atoms with Gasteiger partial charge in [-0.2, -0.15) is 0 Å². The molecule has 3 nitrogen and oxygen atoms in total. The first-order valence-electron chi connectivity index (χ1n) is 7.30. The van der Waals surface area contributed by atoms with E-state index in [1.54, 1.807) is 11.3 Å². The minimum atomic E-state index is 0.136. The molecular formula is C17H25N3S. The molecule has 0 spiro atoms. The van der Waals surface area contributed by atoms with Crippen LogP contribution in [0.5, 0.6) is 0 Å². The Morgan fingerprint density at radius 2 is 1.95 bits per heavy atom. The number of rotatable bonds is 5. The second-order valence-corrected chi connectivity index (χ2v) is 7.59. The first-order chi connectivity index (χ1) is 9.85. The molecule has 1 aromatic carbocycles. The quantitative estimate of drug-likeness (QED) is 0.905. The molecule has 1 N–H and O–H groups in total. The number of thiazole rings is 1. The van der Waals surface area contributed by atoms with E-state index in [1.807, 2.05) is 6.20 Å². The molecule has 114 valence electrons. The van der Waals surface area contributed by atoms with Crippen LogP contribution in [0.25, 0.3) is 0 Å². The molecule has 0 unspecified atom stereocenters. The van der Waals surface area contributed by atoms with E-state index in [9.17, 15) is 0 Å². The van der Waals surface area contributed by atoms with E-state index in [0.717, 1.165) is 18.2 Å². The van der Waals surface area contributed by atoms with Gasteiger partial charge in [-0.15, -0.1) is 11.3 Å². The molecule has 0 radical (unpaired) electrons. The third-order valence-corrected chi connectivity index (χ3v) is 4.44. The van der Waals surface area contributed by atoms with E-state index < -0.39 is 0 Å². The fourth-order valence-corrected chi connectivity index (χ4v) is 2.83. The van der Waals surface area contributed by atoms with Gasteiger partial charge < -0.3 is 10.2 Å². The van der Waals surface area contributed by atoms with Crippen LogP contribution in [0.3, 0.4) is 0 Å². The summed E-state index contributed by atoms with van der Waals surface area (Å²) in [6.07, 6.45) is 1.98. The van der Waals surface area contributed by atoms with Crippen LogP contribution >= 0.6 is 11.3 Å². The van der Waals surface area contributed by atoms with Crippen LogP contribution in [-0.4, -0.2) is 17.6 Å². The van der Waals surface area contributed by atoms with Gasteiger partial charge in [-0.1, -0.05) is 24.3 Å². The predicted octanol–water partition coefficient (Wildman–Crippen LogP) is 3.98. The van der Waals surface area contributed by atoms with Crippen molar-refractivity contribution in [2.75, 3.05) is 11.9 Å². The van der Waals surface area contributed by atoms with Crippen molar-refractivity contribution in [3.05, 3.63) is 46.5 Å². The van der Waals surface area contributed by atoms with Crippen molar-refractivity contribution in [3.63, 3.8) is 0 Å². The Morgan fingerprint density at radius 3 is 2.62 bits per heavy atom. The second-order valence-electron chi connectivity index (χ2n) is 6.50. The van der Waals surface area contributed by atoms with E-state index >= 15 is 0 Å². The zero-order valence-electron chi connectivity index (χ0n) is 13.6. The Bertz CT molecular complexity index is 584. The van der Waals surface area contributed by atoms with Crippen LogP contribution in [0.2, 0.25) is 0 Å². The molecule has 0 aliphatic rings. The van der Waals surface area contributed by atoms with Crippen molar-refractivity contribution in [2.45, 2.75) is 46.3 Å². The van der Waals surface area contributed by atoms with Crippen LogP contribution in [0.4, 0.5) is 5.13 Å². The number of nitrogens with zero attached hydrogens (tertiary/aromatic N) is 2. The Hall–Kier alpha value is -1.39. The first-order valence-corrected chi connectivity index (χ1v) is 8.12. The predicted molar refractivity (Wildman–Crippen MR) is 92.0 cm³/mol. The number of benzene rings is 1. The maximum atomic E-state index is 4.55. The van der Waals surface area contributed by atoms with E-state index in [2.05, 4.69) is 74.2 Å². The van der Waals surface area contributed by atoms with Gasteiger partial charge in [0.2, 0.25) is 0 Å². The average Bonchev–Trinajstić information content (AvgIpc) is 2.87. The van der Waals surface area contributed by atoms with E-state index in [1.165, 1.54) is 16.0 Å². The van der Waals surface area contributed by atoms with Gasteiger partial charge >= 0.3 is 0 Å². The normalized spacial score (nSPS) is 11.7. The Labute approximate surface area is 132 Å². The van der Waals surface area contributed by atoms with Crippen molar-refractivity contribution in [1.29, 1.82) is 0 Å². The molecule has 0 bridgehead atoms. The van der Waals surface area contributed by atoms with Crippen LogP contribution in [0.15, 0.2) is 30.5 Å². The zero-order valence-corrected chi connectivity index (χ0v) is 14.4. The molecule has 0 amide bonds. The van der Waals surface area contributed by atoms with Crippen LogP contribution in [0, 0.1) is 6.92 Å². The van der Waals surface area contributed by atoms with Crippen LogP contribution in [0.1, 0.15) is 36.8 Å². The standard InChI is InChI=1S/C17H25N3S/c1-13-8-6-7-9-14(13)12-20(5)16-18-10-15(21-16)11-19-17(2,3)4/h6-10,19H,11-12H2,1-5H3. The lowest BCUT2D eigenvalue weighted by Crippen LogP contribution is -2.34. The van der Waals surface area contributed by atoms with Crippen LogP contribution < -0.4 is 10.2 Å². The largest absolute Gasteiger partial charge is 0.347 e. The van der Waals surface area contributed by atoms with Gasteiger partial charge in [0.25, 0.3) is 0 Å². The molecule has 0 aliphatic heterocycles. The number of hydrogen-bond donors (Lipinski definition) is 1. The molecule has 21 heavy (non-hydrogen) atoms. The van der Waals surface area contributed by atoms with E-state index in [4.69, 9.17) is 0 Å². The maximum absolute atomic E-state index is 4.55. The van der Waals surface area contributed by atoms with Crippen molar-refractivity contribution >= 4 is 16.5 Å². The SMILES string of the molecule is Cc1ccccc1CN(C)c1ncc(CNC(C)(C)C)s1. The average molecular weight is 303 g/mol. The third kappa shape index (κ3) is 4.83. The highest BCUT2D eigenvalue weighted by Crippen LogP contribution is 2.24. The molecule has 1 heterocycles. The van der Waals surface area contributed by atoms with Gasteiger partial charge in [0.1, 0.15) is 0 Å². The highest BCUT2D eigenvalue weighted by Gasteiger charge is 2.12. The lowest BCUT2D eigenvalue weighted by molar-refractivity contribution is 0.426. The molecule has 0 fully saturated rings. The third-order valence-electron chi connectivity index (χ3n) is 3.33. The summed E-state index contributed by atoms with van der Waals surface area (Å²) in [5.41, 5.74) is 2.82. The molecule has 2 rings (SSSR count). The summed E-state index contributed by atoms with van der Waals surface area (Å²) in [6, 6.07) is 8.51. The molecule has 2 aromatic rings. The van der Waals surface area contributed by atoms with Gasteiger partial charge in [0.15, 0.2) is 5.13 Å². The zero-order chi connectivity index (χ0) is 15.5. The Balaban J connectivity index is 1.99. The van der Waals surface area contributed by atoms with Crippen molar-refractivity contribution in [2.24, 2.45) is 0 Å². The van der Waals surface area contributed by atoms with Crippen molar-refractivity contribution < 1.29 is 0 Å². The van der Waals surface area contributed by atoms with Crippen molar-refractivity contribution in [1.82, 2.24) is 10.3 Å². The summed E-state index contributed by atoms with van der Waals surface area (Å²) in [5.74, 6) is 0. The molecule has 0 atom stereocenters. The number of aryl methyl sites for hydroxylation is 1. The van der Waals surface area contributed by atoms with Gasteiger partial charge in [0, 0.05) is 36.8 Å². The number of anilines is 1. The summed E-state index contributed by atoms with van der Waals surface area (Å²) in [6.45, 7) is 10.5. The van der Waals surface area contributed by atoms with Crippen LogP contribution in [-0.2, 0) is 13.1 Å². The highest BCUT2D eigenvalue weighted by molar-refractivity contribution is 7.15. The lowest BCUT2D eigenvalue weighted by atomic mass is 10.1. The fourth-order valence-electron chi connectivity index (χ4n) is 2.02. The monoisotopic (exact) mass is 303 g/mol. The van der Waals surface area contributed by atoms with Gasteiger partial charge in [0.05, 0.1) is 0 Å². The fraction of sp³-hybridized carbons (Fsp3) is 0.471. The summed E-state index contributed by atoms with van der Waals surface area (Å²) in [7, 11) is 2.10.